The van der Waals surface area contributed by atoms with Crippen molar-refractivity contribution in [1.82, 2.24) is 0 Å². The van der Waals surface area contributed by atoms with Crippen molar-refractivity contribution in [3.05, 3.63) is 56.5 Å². The van der Waals surface area contributed by atoms with Crippen molar-refractivity contribution in [2.75, 3.05) is 5.32 Å². The number of hydrogen-bond acceptors (Lipinski definition) is 2. The number of aryl methyl sites for hydroxylation is 2. The van der Waals surface area contributed by atoms with E-state index in [0.717, 1.165) is 11.1 Å². The zero-order valence-corrected chi connectivity index (χ0v) is 15.2. The van der Waals surface area contributed by atoms with Crippen LogP contribution >= 0.6 is 34.8 Å². The van der Waals surface area contributed by atoms with Gasteiger partial charge in [0.1, 0.15) is 5.75 Å². The van der Waals surface area contributed by atoms with Gasteiger partial charge in [-0.3, -0.25) is 4.79 Å². The first-order chi connectivity index (χ1) is 10.8. The minimum Gasteiger partial charge on any atom is -0.481 e. The van der Waals surface area contributed by atoms with Gasteiger partial charge in [-0.15, -0.1) is 0 Å². The predicted octanol–water partition coefficient (Wildman–Crippen LogP) is 5.67. The Morgan fingerprint density at radius 3 is 2.30 bits per heavy atom. The van der Waals surface area contributed by atoms with Gasteiger partial charge < -0.3 is 10.1 Å². The van der Waals surface area contributed by atoms with Crippen LogP contribution in [-0.4, -0.2) is 12.0 Å². The fourth-order valence-electron chi connectivity index (χ4n) is 2.06. The van der Waals surface area contributed by atoms with E-state index in [1.165, 1.54) is 0 Å². The first-order valence-electron chi connectivity index (χ1n) is 6.97. The van der Waals surface area contributed by atoms with E-state index in [1.54, 1.807) is 37.3 Å². The summed E-state index contributed by atoms with van der Waals surface area (Å²) in [6.45, 7) is 5.43. The van der Waals surface area contributed by atoms with E-state index in [9.17, 15) is 4.79 Å². The second kappa shape index (κ2) is 7.43. The molecule has 0 aliphatic carbocycles. The van der Waals surface area contributed by atoms with Crippen LogP contribution in [0, 0.1) is 13.8 Å². The Kier molecular flexibility index (Phi) is 5.79. The molecule has 122 valence electrons. The Bertz CT molecular complexity index is 724. The number of carbonyl (C=O) groups excluding carboxylic acids is 1. The molecule has 0 saturated carbocycles. The number of halogens is 3. The summed E-state index contributed by atoms with van der Waals surface area (Å²) in [5.74, 6) is 0.267. The highest BCUT2D eigenvalue weighted by Crippen LogP contribution is 2.28. The molecule has 0 bridgehead atoms. The van der Waals surface area contributed by atoms with E-state index in [1.807, 2.05) is 13.8 Å². The van der Waals surface area contributed by atoms with Crippen LogP contribution in [0.15, 0.2) is 30.3 Å². The van der Waals surface area contributed by atoms with Crippen molar-refractivity contribution >= 4 is 46.4 Å². The fraction of sp³-hybridized carbons (Fsp3) is 0.235. The van der Waals surface area contributed by atoms with Gasteiger partial charge in [-0.05, 0) is 62.2 Å². The number of carbonyl (C=O) groups is 1. The van der Waals surface area contributed by atoms with Crippen LogP contribution < -0.4 is 10.1 Å². The quantitative estimate of drug-likeness (QED) is 0.751. The van der Waals surface area contributed by atoms with Gasteiger partial charge >= 0.3 is 0 Å². The fourth-order valence-corrected chi connectivity index (χ4v) is 2.51. The highest BCUT2D eigenvalue weighted by Gasteiger charge is 2.17. The SMILES string of the molecule is Cc1cc(OC(C)C(=O)Nc2cc(Cl)ccc2Cl)cc(C)c1Cl. The molecule has 1 N–H and O–H groups in total. The molecule has 1 unspecified atom stereocenters. The number of nitrogens with one attached hydrogen (secondary N) is 1. The number of ether oxygens (including phenoxy) is 1. The van der Waals surface area contributed by atoms with Crippen LogP contribution in [0.5, 0.6) is 5.75 Å². The predicted molar refractivity (Wildman–Crippen MR) is 96.1 cm³/mol. The van der Waals surface area contributed by atoms with Gasteiger partial charge in [0, 0.05) is 10.0 Å². The third-order valence-corrected chi connectivity index (χ3v) is 4.44. The lowest BCUT2D eigenvalue weighted by Gasteiger charge is -2.17. The Hall–Kier alpha value is -1.42. The van der Waals surface area contributed by atoms with Crippen molar-refractivity contribution < 1.29 is 9.53 Å². The molecule has 0 heterocycles. The largest absolute Gasteiger partial charge is 0.481 e. The summed E-state index contributed by atoms with van der Waals surface area (Å²) < 4.78 is 5.69. The molecule has 0 radical (unpaired) electrons. The maximum Gasteiger partial charge on any atom is 0.265 e. The zero-order valence-electron chi connectivity index (χ0n) is 12.9. The molecule has 2 aromatic rings. The topological polar surface area (TPSA) is 38.3 Å². The van der Waals surface area contributed by atoms with Gasteiger partial charge in [-0.25, -0.2) is 0 Å². The van der Waals surface area contributed by atoms with E-state index in [-0.39, 0.29) is 5.91 Å². The molecule has 1 amide bonds. The molecule has 23 heavy (non-hydrogen) atoms. The summed E-state index contributed by atoms with van der Waals surface area (Å²) in [7, 11) is 0. The minimum atomic E-state index is -0.704. The second-order valence-corrected chi connectivity index (χ2v) is 6.47. The molecule has 0 saturated heterocycles. The Morgan fingerprint density at radius 2 is 1.70 bits per heavy atom. The third kappa shape index (κ3) is 4.54. The molecule has 1 atom stereocenters. The third-order valence-electron chi connectivity index (χ3n) is 3.28. The highest BCUT2D eigenvalue weighted by atomic mass is 35.5. The van der Waals surface area contributed by atoms with Crippen LogP contribution in [-0.2, 0) is 4.79 Å². The van der Waals surface area contributed by atoms with E-state index in [4.69, 9.17) is 39.5 Å². The summed E-state index contributed by atoms with van der Waals surface area (Å²) in [6, 6.07) is 8.46. The van der Waals surface area contributed by atoms with E-state index >= 15 is 0 Å². The number of amides is 1. The smallest absolute Gasteiger partial charge is 0.265 e. The van der Waals surface area contributed by atoms with Crippen molar-refractivity contribution in [2.24, 2.45) is 0 Å². The number of benzene rings is 2. The molecule has 0 fully saturated rings. The molecule has 0 spiro atoms. The standard InChI is InChI=1S/C17H16Cl3NO2/c1-9-6-13(7-10(2)16(9)20)23-11(3)17(22)21-15-8-12(18)4-5-14(15)19/h4-8,11H,1-3H3,(H,21,22). The average molecular weight is 373 g/mol. The molecule has 0 aliphatic rings. The monoisotopic (exact) mass is 371 g/mol. The maximum atomic E-state index is 12.3. The molecule has 0 aliphatic heterocycles. The van der Waals surface area contributed by atoms with Crippen LogP contribution in [0.2, 0.25) is 15.1 Å². The van der Waals surface area contributed by atoms with E-state index in [0.29, 0.717) is 26.5 Å². The van der Waals surface area contributed by atoms with Crippen molar-refractivity contribution in [3.63, 3.8) is 0 Å². The van der Waals surface area contributed by atoms with E-state index in [2.05, 4.69) is 5.32 Å². The van der Waals surface area contributed by atoms with E-state index < -0.39 is 6.10 Å². The molecule has 6 heteroatoms. The minimum absolute atomic E-state index is 0.320. The lowest BCUT2D eigenvalue weighted by atomic mass is 10.1. The van der Waals surface area contributed by atoms with Gasteiger partial charge in [0.2, 0.25) is 0 Å². The average Bonchev–Trinajstić information content (AvgIpc) is 2.48. The molecular weight excluding hydrogens is 357 g/mol. The van der Waals surface area contributed by atoms with Crippen LogP contribution in [0.4, 0.5) is 5.69 Å². The van der Waals surface area contributed by atoms with Gasteiger partial charge in [-0.2, -0.15) is 0 Å². The van der Waals surface area contributed by atoms with Gasteiger partial charge in [-0.1, -0.05) is 34.8 Å². The second-order valence-electron chi connectivity index (χ2n) is 5.24. The van der Waals surface area contributed by atoms with Crippen LogP contribution in [0.1, 0.15) is 18.1 Å². The lowest BCUT2D eigenvalue weighted by molar-refractivity contribution is -0.122. The molecule has 2 rings (SSSR count). The summed E-state index contributed by atoms with van der Waals surface area (Å²) in [4.78, 5) is 12.3. The highest BCUT2D eigenvalue weighted by molar-refractivity contribution is 6.35. The van der Waals surface area contributed by atoms with Gasteiger partial charge in [0.15, 0.2) is 6.10 Å². The van der Waals surface area contributed by atoms with Crippen LogP contribution in [0.3, 0.4) is 0 Å². The number of anilines is 1. The zero-order chi connectivity index (χ0) is 17.1. The number of hydrogen-bond donors (Lipinski definition) is 1. The molecule has 3 nitrogen and oxygen atoms in total. The Labute approximate surface area is 150 Å². The van der Waals surface area contributed by atoms with Gasteiger partial charge in [0.05, 0.1) is 10.7 Å². The first-order valence-corrected chi connectivity index (χ1v) is 8.10. The normalized spacial score (nSPS) is 11.9. The summed E-state index contributed by atoms with van der Waals surface area (Å²) in [5, 5.41) is 4.30. The van der Waals surface area contributed by atoms with Crippen molar-refractivity contribution in [1.29, 1.82) is 0 Å². The van der Waals surface area contributed by atoms with Crippen LogP contribution in [0.25, 0.3) is 0 Å². The molecule has 2 aromatic carbocycles. The summed E-state index contributed by atoms with van der Waals surface area (Å²) >= 11 is 18.1. The lowest BCUT2D eigenvalue weighted by Crippen LogP contribution is -2.30. The molecule has 0 aromatic heterocycles. The maximum absolute atomic E-state index is 12.3. The van der Waals surface area contributed by atoms with Gasteiger partial charge in [0.25, 0.3) is 5.91 Å². The number of rotatable bonds is 4. The van der Waals surface area contributed by atoms with Crippen molar-refractivity contribution in [3.8, 4) is 5.75 Å². The summed E-state index contributed by atoms with van der Waals surface area (Å²) in [5.41, 5.74) is 2.24. The first kappa shape index (κ1) is 17.9. The molecular formula is C17H16Cl3NO2. The summed E-state index contributed by atoms with van der Waals surface area (Å²) in [6.07, 6.45) is -0.704. The van der Waals surface area contributed by atoms with Crippen molar-refractivity contribution in [2.45, 2.75) is 26.9 Å². The Morgan fingerprint density at radius 1 is 1.09 bits per heavy atom. The Balaban J connectivity index is 2.10.